The average molecular weight is 179 g/mol. The molecule has 0 amide bonds. The predicted octanol–water partition coefficient (Wildman–Crippen LogP) is 2.28. The van der Waals surface area contributed by atoms with Crippen LogP contribution in [0.5, 0.6) is 5.75 Å². The van der Waals surface area contributed by atoms with E-state index in [1.165, 1.54) is 5.56 Å². The van der Waals surface area contributed by atoms with Crippen molar-refractivity contribution in [3.63, 3.8) is 0 Å². The molecule has 1 aromatic carbocycles. The predicted molar refractivity (Wildman–Crippen MR) is 55.0 cm³/mol. The minimum atomic E-state index is 0.0937. The van der Waals surface area contributed by atoms with Crippen LogP contribution in [0, 0.1) is 0 Å². The first-order valence-electron chi connectivity index (χ1n) is 4.61. The van der Waals surface area contributed by atoms with Gasteiger partial charge in [0, 0.05) is 6.04 Å². The van der Waals surface area contributed by atoms with Gasteiger partial charge in [-0.25, -0.2) is 0 Å². The van der Waals surface area contributed by atoms with Gasteiger partial charge in [0.25, 0.3) is 0 Å². The fourth-order valence-corrected chi connectivity index (χ4v) is 1.36. The number of methoxy groups -OCH3 is 1. The smallest absolute Gasteiger partial charge is 0.122 e. The van der Waals surface area contributed by atoms with E-state index >= 15 is 0 Å². The van der Waals surface area contributed by atoms with Crippen molar-refractivity contribution in [2.45, 2.75) is 26.3 Å². The zero-order chi connectivity index (χ0) is 9.84. The molecule has 72 valence electrons. The summed E-state index contributed by atoms with van der Waals surface area (Å²) < 4.78 is 5.23. The van der Waals surface area contributed by atoms with Crippen molar-refractivity contribution in [3.8, 4) is 5.75 Å². The molecule has 0 bridgehead atoms. The summed E-state index contributed by atoms with van der Waals surface area (Å²) in [6.45, 7) is 4.10. The third-order valence-electron chi connectivity index (χ3n) is 2.21. The molecule has 0 aliphatic heterocycles. The minimum absolute atomic E-state index is 0.0937. The van der Waals surface area contributed by atoms with Gasteiger partial charge in [-0.3, -0.25) is 0 Å². The molecule has 2 nitrogen and oxygen atoms in total. The second-order valence-corrected chi connectivity index (χ2v) is 3.21. The maximum Gasteiger partial charge on any atom is 0.122 e. The van der Waals surface area contributed by atoms with Gasteiger partial charge in [-0.05, 0) is 30.5 Å². The first-order valence-corrected chi connectivity index (χ1v) is 4.61. The van der Waals surface area contributed by atoms with Crippen LogP contribution in [-0.2, 0) is 6.42 Å². The number of ether oxygens (including phenoxy) is 1. The monoisotopic (exact) mass is 179 g/mol. The molecule has 2 N–H and O–H groups in total. The largest absolute Gasteiger partial charge is 0.496 e. The maximum atomic E-state index is 5.79. The SMILES string of the molecule is CCc1cc(C(C)N)ccc1OC. The third kappa shape index (κ3) is 2.22. The van der Waals surface area contributed by atoms with Crippen LogP contribution in [0.2, 0.25) is 0 Å². The summed E-state index contributed by atoms with van der Waals surface area (Å²) in [6, 6.07) is 6.21. The molecule has 13 heavy (non-hydrogen) atoms. The van der Waals surface area contributed by atoms with Gasteiger partial charge < -0.3 is 10.5 Å². The summed E-state index contributed by atoms with van der Waals surface area (Å²) in [5.74, 6) is 0.951. The van der Waals surface area contributed by atoms with Crippen LogP contribution in [0.25, 0.3) is 0 Å². The molecule has 0 saturated heterocycles. The van der Waals surface area contributed by atoms with Crippen LogP contribution in [0.3, 0.4) is 0 Å². The molecule has 1 aromatic rings. The maximum absolute atomic E-state index is 5.79. The van der Waals surface area contributed by atoms with Crippen molar-refractivity contribution in [3.05, 3.63) is 29.3 Å². The molecule has 0 heterocycles. The van der Waals surface area contributed by atoms with Crippen molar-refractivity contribution in [2.24, 2.45) is 5.73 Å². The van der Waals surface area contributed by atoms with Gasteiger partial charge in [0.2, 0.25) is 0 Å². The van der Waals surface area contributed by atoms with Crippen molar-refractivity contribution < 1.29 is 4.74 Å². The summed E-state index contributed by atoms with van der Waals surface area (Å²) in [5, 5.41) is 0. The second-order valence-electron chi connectivity index (χ2n) is 3.21. The van der Waals surface area contributed by atoms with Gasteiger partial charge in [-0.2, -0.15) is 0 Å². The summed E-state index contributed by atoms with van der Waals surface area (Å²) in [4.78, 5) is 0. The lowest BCUT2D eigenvalue weighted by Crippen LogP contribution is -2.05. The van der Waals surface area contributed by atoms with Crippen molar-refractivity contribution in [1.29, 1.82) is 0 Å². The van der Waals surface area contributed by atoms with E-state index in [-0.39, 0.29) is 6.04 Å². The lowest BCUT2D eigenvalue weighted by Gasteiger charge is -2.11. The Morgan fingerprint density at radius 2 is 2.15 bits per heavy atom. The molecule has 0 aromatic heterocycles. The lowest BCUT2D eigenvalue weighted by atomic mass is 10.0. The van der Waals surface area contributed by atoms with Crippen molar-refractivity contribution >= 4 is 0 Å². The molecular formula is C11H17NO. The number of nitrogens with two attached hydrogens (primary N) is 1. The van der Waals surface area contributed by atoms with Crippen LogP contribution >= 0.6 is 0 Å². The highest BCUT2D eigenvalue weighted by Crippen LogP contribution is 2.22. The van der Waals surface area contributed by atoms with Crippen molar-refractivity contribution in [2.75, 3.05) is 7.11 Å². The molecule has 0 spiro atoms. The van der Waals surface area contributed by atoms with Crippen LogP contribution in [-0.4, -0.2) is 7.11 Å². The number of aryl methyl sites for hydroxylation is 1. The number of rotatable bonds is 3. The summed E-state index contributed by atoms with van der Waals surface area (Å²) in [5.41, 5.74) is 8.17. The van der Waals surface area contributed by atoms with E-state index in [2.05, 4.69) is 13.0 Å². The quantitative estimate of drug-likeness (QED) is 0.772. The molecule has 0 radical (unpaired) electrons. The van der Waals surface area contributed by atoms with Crippen LogP contribution in [0.1, 0.15) is 31.0 Å². The van der Waals surface area contributed by atoms with E-state index in [4.69, 9.17) is 10.5 Å². The molecule has 0 fully saturated rings. The zero-order valence-electron chi connectivity index (χ0n) is 8.50. The summed E-state index contributed by atoms with van der Waals surface area (Å²) in [6.07, 6.45) is 0.976. The highest BCUT2D eigenvalue weighted by molar-refractivity contribution is 5.38. The first-order chi connectivity index (χ1) is 6.19. The highest BCUT2D eigenvalue weighted by atomic mass is 16.5. The molecule has 1 unspecified atom stereocenters. The van der Waals surface area contributed by atoms with Gasteiger partial charge >= 0.3 is 0 Å². The van der Waals surface area contributed by atoms with Crippen LogP contribution in [0.4, 0.5) is 0 Å². The van der Waals surface area contributed by atoms with E-state index in [0.29, 0.717) is 0 Å². The van der Waals surface area contributed by atoms with E-state index < -0.39 is 0 Å². The third-order valence-corrected chi connectivity index (χ3v) is 2.21. The van der Waals surface area contributed by atoms with E-state index in [0.717, 1.165) is 17.7 Å². The van der Waals surface area contributed by atoms with Crippen LogP contribution < -0.4 is 10.5 Å². The molecular weight excluding hydrogens is 162 g/mol. The average Bonchev–Trinajstić information content (AvgIpc) is 2.16. The van der Waals surface area contributed by atoms with Crippen molar-refractivity contribution in [1.82, 2.24) is 0 Å². The Labute approximate surface area is 79.7 Å². The van der Waals surface area contributed by atoms with Gasteiger partial charge in [0.05, 0.1) is 7.11 Å². The summed E-state index contributed by atoms with van der Waals surface area (Å²) in [7, 11) is 1.69. The topological polar surface area (TPSA) is 35.2 Å². The van der Waals surface area contributed by atoms with E-state index in [1.54, 1.807) is 7.11 Å². The molecule has 1 rings (SSSR count). The molecule has 2 heteroatoms. The Kier molecular flexibility index (Phi) is 3.32. The van der Waals surface area contributed by atoms with Crippen LogP contribution in [0.15, 0.2) is 18.2 Å². The molecule has 0 aliphatic carbocycles. The molecule has 0 saturated carbocycles. The Morgan fingerprint density at radius 1 is 1.46 bits per heavy atom. The van der Waals surface area contributed by atoms with Gasteiger partial charge in [0.15, 0.2) is 0 Å². The fraction of sp³-hybridized carbons (Fsp3) is 0.455. The number of hydrogen-bond acceptors (Lipinski definition) is 2. The minimum Gasteiger partial charge on any atom is -0.496 e. The Hall–Kier alpha value is -1.02. The highest BCUT2D eigenvalue weighted by Gasteiger charge is 2.04. The zero-order valence-corrected chi connectivity index (χ0v) is 8.50. The Balaban J connectivity index is 3.05. The summed E-state index contributed by atoms with van der Waals surface area (Å²) >= 11 is 0. The normalized spacial score (nSPS) is 12.6. The Bertz CT molecular complexity index is 281. The fourth-order valence-electron chi connectivity index (χ4n) is 1.36. The number of hydrogen-bond donors (Lipinski definition) is 1. The van der Waals surface area contributed by atoms with Gasteiger partial charge in [-0.1, -0.05) is 19.1 Å². The van der Waals surface area contributed by atoms with E-state index in [1.807, 2.05) is 19.1 Å². The first kappa shape index (κ1) is 10.1. The second kappa shape index (κ2) is 4.28. The Morgan fingerprint density at radius 3 is 2.62 bits per heavy atom. The molecule has 1 atom stereocenters. The number of benzene rings is 1. The van der Waals surface area contributed by atoms with Gasteiger partial charge in [0.1, 0.15) is 5.75 Å². The van der Waals surface area contributed by atoms with E-state index in [9.17, 15) is 0 Å². The molecule has 0 aliphatic rings. The standard InChI is InChI=1S/C11H17NO/c1-4-9-7-10(8(2)12)5-6-11(9)13-3/h5-8H,4,12H2,1-3H3. The van der Waals surface area contributed by atoms with Gasteiger partial charge in [-0.15, -0.1) is 0 Å². The lowest BCUT2D eigenvalue weighted by molar-refractivity contribution is 0.410.